The minimum absolute atomic E-state index is 0.00523. The second kappa shape index (κ2) is 4.63. The number of carboxylic acid groups (broad SMARTS) is 1. The molecule has 0 aromatic heterocycles. The first kappa shape index (κ1) is 12.9. The van der Waals surface area contributed by atoms with E-state index in [4.69, 9.17) is 9.84 Å². The third-order valence-corrected chi connectivity index (χ3v) is 3.25. The van der Waals surface area contributed by atoms with Crippen molar-refractivity contribution in [2.75, 3.05) is 6.61 Å². The average molecular weight is 248 g/mol. The molecule has 0 saturated heterocycles. The van der Waals surface area contributed by atoms with Gasteiger partial charge in [0, 0.05) is 0 Å². The molecule has 98 valence electrons. The molecule has 1 saturated carbocycles. The molecule has 1 N–H and O–H groups in total. The highest BCUT2D eigenvalue weighted by Gasteiger charge is 2.24. The van der Waals surface area contributed by atoms with Gasteiger partial charge in [-0.1, -0.05) is 26.8 Å². The summed E-state index contributed by atoms with van der Waals surface area (Å²) in [6.07, 6.45) is 2.39. The molecule has 0 aliphatic heterocycles. The molecule has 1 aliphatic rings. The van der Waals surface area contributed by atoms with Crippen LogP contribution in [0.4, 0.5) is 0 Å². The highest BCUT2D eigenvalue weighted by Crippen LogP contribution is 2.32. The van der Waals surface area contributed by atoms with Gasteiger partial charge in [-0.15, -0.1) is 0 Å². The molecule has 0 heterocycles. The first-order valence-electron chi connectivity index (χ1n) is 6.38. The number of carbonyl (C=O) groups is 1. The smallest absolute Gasteiger partial charge is 0.339 e. The quantitative estimate of drug-likeness (QED) is 0.887. The molecule has 1 aromatic carbocycles. The average Bonchev–Trinajstić information content (AvgIpc) is 3.08. The summed E-state index contributed by atoms with van der Waals surface area (Å²) in [5.41, 5.74) is 1.34. The second-order valence-electron chi connectivity index (χ2n) is 6.02. The summed E-state index contributed by atoms with van der Waals surface area (Å²) in [7, 11) is 0. The number of benzene rings is 1. The number of hydrogen-bond acceptors (Lipinski definition) is 2. The van der Waals surface area contributed by atoms with Crippen LogP contribution in [0.3, 0.4) is 0 Å². The molecule has 1 fully saturated rings. The van der Waals surface area contributed by atoms with Crippen LogP contribution >= 0.6 is 0 Å². The van der Waals surface area contributed by atoms with E-state index in [1.807, 2.05) is 12.1 Å². The van der Waals surface area contributed by atoms with Crippen molar-refractivity contribution in [1.82, 2.24) is 0 Å². The van der Waals surface area contributed by atoms with Gasteiger partial charge in [0.15, 0.2) is 0 Å². The number of aromatic carboxylic acids is 1. The van der Waals surface area contributed by atoms with Crippen LogP contribution in [0, 0.1) is 5.92 Å². The molecule has 0 atom stereocenters. The van der Waals surface area contributed by atoms with E-state index >= 15 is 0 Å². The fourth-order valence-electron chi connectivity index (χ4n) is 1.78. The van der Waals surface area contributed by atoms with Gasteiger partial charge in [0.1, 0.15) is 11.3 Å². The Labute approximate surface area is 108 Å². The number of ether oxygens (including phenoxy) is 1. The lowest BCUT2D eigenvalue weighted by Crippen LogP contribution is -2.13. The van der Waals surface area contributed by atoms with Gasteiger partial charge < -0.3 is 9.84 Å². The van der Waals surface area contributed by atoms with Gasteiger partial charge in [-0.25, -0.2) is 4.79 Å². The Kier molecular flexibility index (Phi) is 3.33. The Hall–Kier alpha value is -1.51. The lowest BCUT2D eigenvalue weighted by molar-refractivity contribution is 0.0692. The zero-order valence-corrected chi connectivity index (χ0v) is 11.2. The maximum absolute atomic E-state index is 11.2. The van der Waals surface area contributed by atoms with Gasteiger partial charge in [0.25, 0.3) is 0 Å². The Balaban J connectivity index is 2.27. The van der Waals surface area contributed by atoms with E-state index in [1.165, 1.54) is 12.8 Å². The highest BCUT2D eigenvalue weighted by atomic mass is 16.5. The van der Waals surface area contributed by atoms with Crippen LogP contribution in [0.5, 0.6) is 5.75 Å². The second-order valence-corrected chi connectivity index (χ2v) is 6.02. The number of hydrogen-bond donors (Lipinski definition) is 1. The van der Waals surface area contributed by atoms with Gasteiger partial charge in [0.2, 0.25) is 0 Å². The SMILES string of the molecule is CC(C)(C)c1ccc(C(=O)O)c(OCC2CC2)c1. The van der Waals surface area contributed by atoms with E-state index in [0.29, 0.717) is 18.3 Å². The molecule has 0 bridgehead atoms. The number of carboxylic acids is 1. The van der Waals surface area contributed by atoms with Crippen LogP contribution in [0.2, 0.25) is 0 Å². The molecule has 1 aliphatic carbocycles. The van der Waals surface area contributed by atoms with Gasteiger partial charge in [-0.3, -0.25) is 0 Å². The van der Waals surface area contributed by atoms with Crippen molar-refractivity contribution in [3.05, 3.63) is 29.3 Å². The molecule has 1 aromatic rings. The summed E-state index contributed by atoms with van der Waals surface area (Å²) in [5.74, 6) is 0.188. The van der Waals surface area contributed by atoms with Gasteiger partial charge in [0.05, 0.1) is 6.61 Å². The van der Waals surface area contributed by atoms with Crippen LogP contribution < -0.4 is 4.74 Å². The third kappa shape index (κ3) is 3.03. The molecular weight excluding hydrogens is 228 g/mol. The van der Waals surface area contributed by atoms with E-state index in [0.717, 1.165) is 5.56 Å². The summed E-state index contributed by atoms with van der Waals surface area (Å²) in [5, 5.41) is 9.16. The van der Waals surface area contributed by atoms with Crippen LogP contribution in [0.1, 0.15) is 49.5 Å². The maximum atomic E-state index is 11.2. The summed E-state index contributed by atoms with van der Waals surface area (Å²) in [6, 6.07) is 5.38. The van der Waals surface area contributed by atoms with E-state index in [-0.39, 0.29) is 11.0 Å². The molecule has 3 heteroatoms. The molecular formula is C15H20O3. The van der Waals surface area contributed by atoms with Crippen molar-refractivity contribution in [3.8, 4) is 5.75 Å². The molecule has 2 rings (SSSR count). The predicted molar refractivity (Wildman–Crippen MR) is 70.3 cm³/mol. The van der Waals surface area contributed by atoms with E-state index in [9.17, 15) is 4.79 Å². The monoisotopic (exact) mass is 248 g/mol. The largest absolute Gasteiger partial charge is 0.492 e. The van der Waals surface area contributed by atoms with Crippen LogP contribution in [0.25, 0.3) is 0 Å². The Bertz CT molecular complexity index is 453. The van der Waals surface area contributed by atoms with Gasteiger partial charge >= 0.3 is 5.97 Å². The lowest BCUT2D eigenvalue weighted by atomic mass is 9.86. The minimum atomic E-state index is -0.929. The minimum Gasteiger partial charge on any atom is -0.492 e. The van der Waals surface area contributed by atoms with Crippen molar-refractivity contribution in [1.29, 1.82) is 0 Å². The van der Waals surface area contributed by atoms with Crippen LogP contribution in [0.15, 0.2) is 18.2 Å². The standard InChI is InChI=1S/C15H20O3/c1-15(2,3)11-6-7-12(14(16)17)13(8-11)18-9-10-4-5-10/h6-8,10H,4-5,9H2,1-3H3,(H,16,17). The van der Waals surface area contributed by atoms with E-state index < -0.39 is 5.97 Å². The summed E-state index contributed by atoms with van der Waals surface area (Å²) in [6.45, 7) is 6.95. The molecule has 3 nitrogen and oxygen atoms in total. The van der Waals surface area contributed by atoms with E-state index in [2.05, 4.69) is 20.8 Å². The van der Waals surface area contributed by atoms with E-state index in [1.54, 1.807) is 6.07 Å². The van der Waals surface area contributed by atoms with Crippen LogP contribution in [-0.2, 0) is 5.41 Å². The Morgan fingerprint density at radius 2 is 2.06 bits per heavy atom. The lowest BCUT2D eigenvalue weighted by Gasteiger charge is -2.20. The van der Waals surface area contributed by atoms with Crippen LogP contribution in [-0.4, -0.2) is 17.7 Å². The zero-order chi connectivity index (χ0) is 13.3. The first-order valence-corrected chi connectivity index (χ1v) is 6.38. The van der Waals surface area contributed by atoms with Crippen molar-refractivity contribution in [2.24, 2.45) is 5.92 Å². The molecule has 18 heavy (non-hydrogen) atoms. The summed E-state index contributed by atoms with van der Waals surface area (Å²) < 4.78 is 5.68. The Morgan fingerprint density at radius 3 is 2.56 bits per heavy atom. The van der Waals surface area contributed by atoms with Crippen molar-refractivity contribution >= 4 is 5.97 Å². The van der Waals surface area contributed by atoms with Crippen molar-refractivity contribution in [3.63, 3.8) is 0 Å². The topological polar surface area (TPSA) is 46.5 Å². The fourth-order valence-corrected chi connectivity index (χ4v) is 1.78. The maximum Gasteiger partial charge on any atom is 0.339 e. The first-order chi connectivity index (χ1) is 8.38. The Morgan fingerprint density at radius 1 is 1.39 bits per heavy atom. The molecule has 0 amide bonds. The zero-order valence-electron chi connectivity index (χ0n) is 11.2. The molecule has 0 unspecified atom stereocenters. The van der Waals surface area contributed by atoms with Crippen molar-refractivity contribution < 1.29 is 14.6 Å². The summed E-state index contributed by atoms with van der Waals surface area (Å²) >= 11 is 0. The summed E-state index contributed by atoms with van der Waals surface area (Å²) in [4.78, 5) is 11.2. The van der Waals surface area contributed by atoms with Gasteiger partial charge in [-0.05, 0) is 41.9 Å². The van der Waals surface area contributed by atoms with Crippen molar-refractivity contribution in [2.45, 2.75) is 39.0 Å². The highest BCUT2D eigenvalue weighted by molar-refractivity contribution is 5.91. The number of rotatable bonds is 4. The fraction of sp³-hybridized carbons (Fsp3) is 0.533. The third-order valence-electron chi connectivity index (χ3n) is 3.25. The molecule has 0 radical (unpaired) electrons. The normalized spacial score (nSPS) is 15.5. The predicted octanol–water partition coefficient (Wildman–Crippen LogP) is 3.47. The van der Waals surface area contributed by atoms with Gasteiger partial charge in [-0.2, -0.15) is 0 Å². The molecule has 0 spiro atoms.